The summed E-state index contributed by atoms with van der Waals surface area (Å²) in [5.41, 5.74) is 8.05. The van der Waals surface area contributed by atoms with Crippen LogP contribution in [-0.2, 0) is 14.8 Å². The van der Waals surface area contributed by atoms with Crippen molar-refractivity contribution in [2.75, 3.05) is 0 Å². The Kier molecular flexibility index (Phi) is 6.35. The van der Waals surface area contributed by atoms with Crippen LogP contribution in [0, 0.1) is 5.92 Å². The van der Waals surface area contributed by atoms with Crippen LogP contribution in [0.4, 0.5) is 0 Å². The molecule has 0 amide bonds. The summed E-state index contributed by atoms with van der Waals surface area (Å²) in [6, 6.07) is 0. The maximum atomic E-state index is 11.3. The largest absolute Gasteiger partial charge is 1.00 e. The molecule has 0 spiro atoms. The first-order chi connectivity index (χ1) is 6.97. The molecule has 0 saturated heterocycles. The van der Waals surface area contributed by atoms with Gasteiger partial charge >= 0.3 is 29.6 Å². The first-order valence-electron chi connectivity index (χ1n) is 4.48. The second kappa shape index (κ2) is 6.46. The first kappa shape index (κ1) is 15.7. The van der Waals surface area contributed by atoms with Crippen LogP contribution < -0.4 is 34.7 Å². The van der Waals surface area contributed by atoms with Crippen LogP contribution in [0.5, 0.6) is 0 Å². The van der Waals surface area contributed by atoms with Crippen molar-refractivity contribution < 1.29 is 47.9 Å². The van der Waals surface area contributed by atoms with Gasteiger partial charge in [0.25, 0.3) is 0 Å². The average Bonchev–Trinajstić information content (AvgIpc) is 2.18. The second-order valence-electron chi connectivity index (χ2n) is 3.48. The van der Waals surface area contributed by atoms with Gasteiger partial charge in [-0.2, -0.15) is 0 Å². The van der Waals surface area contributed by atoms with Crippen molar-refractivity contribution in [3.05, 3.63) is 10.4 Å². The van der Waals surface area contributed by atoms with Gasteiger partial charge in [-0.05, 0) is 37.1 Å². The van der Waals surface area contributed by atoms with E-state index in [4.69, 9.17) is 5.53 Å². The predicted molar refractivity (Wildman–Crippen MR) is 48.8 cm³/mol. The number of carbonyl (C=O) groups excluding carboxylic acids is 1. The Morgan fingerprint density at radius 3 is 2.19 bits per heavy atom. The molecule has 0 unspecified atom stereocenters. The molecule has 0 bridgehead atoms. The molecule has 1 aliphatic rings. The van der Waals surface area contributed by atoms with Crippen molar-refractivity contribution in [3.8, 4) is 0 Å². The summed E-state index contributed by atoms with van der Waals surface area (Å²) in [4.78, 5) is 12.7. The van der Waals surface area contributed by atoms with Crippen molar-refractivity contribution in [2.24, 2.45) is 10.4 Å². The molecule has 1 rings (SSSR count). The number of carboxylic acids is 1. The Labute approximate surface area is 115 Å². The van der Waals surface area contributed by atoms with Crippen molar-refractivity contribution in [1.82, 2.24) is 0 Å². The second-order valence-corrected chi connectivity index (χ2v) is 5.34. The fraction of sp³-hybridized carbons (Fsp3) is 0.857. The number of carboxylic acid groups (broad SMARTS) is 1. The molecule has 16 heavy (non-hydrogen) atoms. The molecule has 0 heterocycles. The van der Waals surface area contributed by atoms with E-state index in [-0.39, 0.29) is 55.2 Å². The molecule has 7 nitrogen and oxygen atoms in total. The minimum atomic E-state index is -3.79. The Balaban J connectivity index is 0.00000225. The number of aliphatic carboxylic acids is 1. The van der Waals surface area contributed by atoms with Crippen LogP contribution in [0.25, 0.3) is 10.4 Å². The van der Waals surface area contributed by atoms with Gasteiger partial charge in [0.05, 0.1) is 5.25 Å². The van der Waals surface area contributed by atoms with Gasteiger partial charge in [0.2, 0.25) is 10.0 Å². The number of carbonyl (C=O) groups is 1. The van der Waals surface area contributed by atoms with E-state index in [1.54, 1.807) is 0 Å². The Bertz CT molecular complexity index is 396. The zero-order valence-corrected chi connectivity index (χ0v) is 11.7. The number of hydrogen-bond acceptors (Lipinski definition) is 4. The summed E-state index contributed by atoms with van der Waals surface area (Å²) in [6.07, 6.45) is 0.931. The standard InChI is InChI=1S/C7H11N3O4S.Na/c8-9-10-15(13,14)6-3-1-5(2-4-6)7(11)12;/h5-6H,1-4H2,(H,11,12);/q;+1/p-1. The molecular weight excluding hydrogens is 245 g/mol. The molecule has 0 aromatic carbocycles. The minimum absolute atomic E-state index is 0. The Hall–Kier alpha value is -0.270. The normalized spacial score (nSPS) is 25.0. The molecule has 1 saturated carbocycles. The maximum Gasteiger partial charge on any atom is 1.00 e. The van der Waals surface area contributed by atoms with Crippen LogP contribution in [-0.4, -0.2) is 19.6 Å². The molecule has 0 N–H and O–H groups in total. The summed E-state index contributed by atoms with van der Waals surface area (Å²) in [6.45, 7) is 0. The Morgan fingerprint density at radius 1 is 1.31 bits per heavy atom. The summed E-state index contributed by atoms with van der Waals surface area (Å²) in [5.74, 6) is -1.72. The van der Waals surface area contributed by atoms with Crippen LogP contribution >= 0.6 is 0 Å². The fourth-order valence-electron chi connectivity index (χ4n) is 1.71. The van der Waals surface area contributed by atoms with Crippen molar-refractivity contribution in [2.45, 2.75) is 30.9 Å². The summed E-state index contributed by atoms with van der Waals surface area (Å²) in [5, 5.41) is 9.75. The van der Waals surface area contributed by atoms with Crippen LogP contribution in [0.15, 0.2) is 4.52 Å². The zero-order chi connectivity index (χ0) is 11.5. The molecule has 1 fully saturated rings. The number of rotatable bonds is 3. The number of nitrogens with zero attached hydrogens (tertiary/aromatic N) is 3. The number of hydrogen-bond donors (Lipinski definition) is 0. The molecule has 0 atom stereocenters. The Morgan fingerprint density at radius 2 is 1.81 bits per heavy atom. The smallest absolute Gasteiger partial charge is 0.550 e. The number of azide groups is 1. The topological polar surface area (TPSA) is 123 Å². The van der Waals surface area contributed by atoms with Crippen molar-refractivity contribution in [1.29, 1.82) is 0 Å². The van der Waals surface area contributed by atoms with Crippen molar-refractivity contribution in [3.63, 3.8) is 0 Å². The molecule has 84 valence electrons. The minimum Gasteiger partial charge on any atom is -0.550 e. The monoisotopic (exact) mass is 255 g/mol. The number of sulfonamides is 1. The van der Waals surface area contributed by atoms with Gasteiger partial charge in [-0.3, -0.25) is 0 Å². The van der Waals surface area contributed by atoms with E-state index in [0.29, 0.717) is 0 Å². The van der Waals surface area contributed by atoms with Gasteiger partial charge in [0.1, 0.15) is 0 Å². The van der Waals surface area contributed by atoms with Gasteiger partial charge in [0.15, 0.2) is 0 Å². The van der Waals surface area contributed by atoms with Crippen LogP contribution in [0.3, 0.4) is 0 Å². The molecule has 0 aromatic heterocycles. The van der Waals surface area contributed by atoms with E-state index in [9.17, 15) is 18.3 Å². The summed E-state index contributed by atoms with van der Waals surface area (Å²) >= 11 is 0. The predicted octanol–water partition coefficient (Wildman–Crippen LogP) is -3.06. The van der Waals surface area contributed by atoms with E-state index in [1.807, 2.05) is 0 Å². The zero-order valence-electron chi connectivity index (χ0n) is 8.87. The van der Waals surface area contributed by atoms with E-state index in [2.05, 4.69) is 9.43 Å². The third kappa shape index (κ3) is 3.95. The summed E-state index contributed by atoms with van der Waals surface area (Å²) in [7, 11) is -3.79. The molecule has 9 heteroatoms. The first-order valence-corrected chi connectivity index (χ1v) is 5.98. The van der Waals surface area contributed by atoms with Crippen LogP contribution in [0.1, 0.15) is 25.7 Å². The van der Waals surface area contributed by atoms with Gasteiger partial charge in [-0.25, -0.2) is 8.42 Å². The molecule has 0 aliphatic heterocycles. The van der Waals surface area contributed by atoms with E-state index in [0.717, 1.165) is 0 Å². The van der Waals surface area contributed by atoms with Gasteiger partial charge in [-0.15, -0.1) is 0 Å². The third-order valence-electron chi connectivity index (χ3n) is 2.58. The molecule has 0 radical (unpaired) electrons. The SMILES string of the molecule is [N-]=[N+]=NS(=O)(=O)C1CCC(C(=O)[O-])CC1.[Na+]. The third-order valence-corrected chi connectivity index (χ3v) is 4.19. The quantitative estimate of drug-likeness (QED) is 0.230. The fourth-order valence-corrected chi connectivity index (χ4v) is 2.82. The van der Waals surface area contributed by atoms with Gasteiger partial charge < -0.3 is 9.90 Å². The van der Waals surface area contributed by atoms with Crippen molar-refractivity contribution >= 4 is 16.0 Å². The van der Waals surface area contributed by atoms with E-state index < -0.39 is 27.2 Å². The van der Waals surface area contributed by atoms with Crippen LogP contribution in [0.2, 0.25) is 0 Å². The molecule has 1 aliphatic carbocycles. The average molecular weight is 255 g/mol. The summed E-state index contributed by atoms with van der Waals surface area (Å²) < 4.78 is 25.3. The van der Waals surface area contributed by atoms with E-state index in [1.165, 1.54) is 0 Å². The van der Waals surface area contributed by atoms with Gasteiger partial charge in [0, 0.05) is 15.4 Å². The molecule has 0 aromatic rings. The van der Waals surface area contributed by atoms with Gasteiger partial charge in [-0.1, -0.05) is 0 Å². The maximum absolute atomic E-state index is 11.3. The molecular formula is C7H10N3NaO4S. The van der Waals surface area contributed by atoms with E-state index >= 15 is 0 Å².